The molecule has 1 amide bonds. The SMILES string of the molecule is N#Cc1cc(F)cc(C(=O)N2CCC3(CCc4c3nc(N)[nH]c4=O)CC2)c1. The summed E-state index contributed by atoms with van der Waals surface area (Å²) in [6.45, 7) is 0.954. The summed E-state index contributed by atoms with van der Waals surface area (Å²) in [5.74, 6) is -0.783. The number of nitriles is 1. The van der Waals surface area contributed by atoms with Crippen molar-refractivity contribution >= 4 is 11.9 Å². The molecule has 1 fully saturated rings. The summed E-state index contributed by atoms with van der Waals surface area (Å²) in [7, 11) is 0. The maximum Gasteiger partial charge on any atom is 0.255 e. The third-order valence-corrected chi connectivity index (χ3v) is 5.67. The van der Waals surface area contributed by atoms with Crippen molar-refractivity contribution in [1.82, 2.24) is 14.9 Å². The van der Waals surface area contributed by atoms with E-state index < -0.39 is 5.82 Å². The number of anilines is 1. The maximum absolute atomic E-state index is 13.6. The zero-order valence-electron chi connectivity index (χ0n) is 14.6. The van der Waals surface area contributed by atoms with Crippen LogP contribution in [0, 0.1) is 17.1 Å². The Labute approximate surface area is 154 Å². The van der Waals surface area contributed by atoms with E-state index in [0.29, 0.717) is 37.9 Å². The van der Waals surface area contributed by atoms with Crippen molar-refractivity contribution in [3.05, 3.63) is 56.8 Å². The lowest BCUT2D eigenvalue weighted by Gasteiger charge is -2.39. The van der Waals surface area contributed by atoms with Gasteiger partial charge in [0, 0.05) is 29.6 Å². The first-order valence-electron chi connectivity index (χ1n) is 8.81. The average Bonchev–Trinajstić information content (AvgIpc) is 2.99. The van der Waals surface area contributed by atoms with Crippen LogP contribution in [0.3, 0.4) is 0 Å². The number of carbonyl (C=O) groups excluding carboxylic acids is 1. The number of carbonyl (C=O) groups is 1. The minimum Gasteiger partial charge on any atom is -0.369 e. The minimum absolute atomic E-state index is 0.113. The van der Waals surface area contributed by atoms with Crippen LogP contribution >= 0.6 is 0 Å². The Kier molecular flexibility index (Phi) is 3.95. The Balaban J connectivity index is 1.56. The molecular formula is C19H18FN5O2. The standard InChI is InChI=1S/C19H18FN5O2/c20-13-8-11(10-21)7-12(9-13)17(27)25-5-3-19(4-6-25)2-1-14-15(19)23-18(22)24-16(14)26/h7-9H,1-6H2,(H3,22,23,24,26). The van der Waals surface area contributed by atoms with Crippen molar-refractivity contribution < 1.29 is 9.18 Å². The zero-order chi connectivity index (χ0) is 19.2. The first-order valence-corrected chi connectivity index (χ1v) is 8.81. The number of hydrogen-bond acceptors (Lipinski definition) is 5. The molecule has 1 aromatic heterocycles. The highest BCUT2D eigenvalue weighted by Gasteiger charge is 2.44. The Morgan fingerprint density at radius 2 is 2.04 bits per heavy atom. The zero-order valence-corrected chi connectivity index (χ0v) is 14.6. The highest BCUT2D eigenvalue weighted by Crippen LogP contribution is 2.44. The number of nitrogens with two attached hydrogens (primary N) is 1. The van der Waals surface area contributed by atoms with E-state index in [9.17, 15) is 14.0 Å². The van der Waals surface area contributed by atoms with E-state index in [1.165, 1.54) is 6.07 Å². The van der Waals surface area contributed by atoms with Crippen LogP contribution < -0.4 is 11.3 Å². The number of hydrogen-bond donors (Lipinski definition) is 2. The molecule has 1 aromatic carbocycles. The van der Waals surface area contributed by atoms with Gasteiger partial charge in [-0.1, -0.05) is 0 Å². The summed E-state index contributed by atoms with van der Waals surface area (Å²) < 4.78 is 13.6. The predicted molar refractivity (Wildman–Crippen MR) is 95.5 cm³/mol. The van der Waals surface area contributed by atoms with Crippen molar-refractivity contribution in [2.75, 3.05) is 18.8 Å². The van der Waals surface area contributed by atoms with Gasteiger partial charge < -0.3 is 10.6 Å². The Morgan fingerprint density at radius 1 is 1.30 bits per heavy atom. The number of likely N-dealkylation sites (tertiary alicyclic amines) is 1. The van der Waals surface area contributed by atoms with E-state index in [2.05, 4.69) is 9.97 Å². The van der Waals surface area contributed by atoms with Gasteiger partial charge in [-0.25, -0.2) is 9.37 Å². The molecule has 1 aliphatic carbocycles. The molecule has 2 heterocycles. The van der Waals surface area contributed by atoms with Crippen LogP contribution in [0.15, 0.2) is 23.0 Å². The normalized spacial score (nSPS) is 17.6. The first-order chi connectivity index (χ1) is 12.9. The maximum atomic E-state index is 13.6. The molecule has 0 unspecified atom stereocenters. The summed E-state index contributed by atoms with van der Waals surface area (Å²) in [6, 6.07) is 5.52. The largest absolute Gasteiger partial charge is 0.369 e. The fraction of sp³-hybridized carbons (Fsp3) is 0.368. The van der Waals surface area contributed by atoms with E-state index >= 15 is 0 Å². The molecular weight excluding hydrogens is 349 g/mol. The molecule has 7 nitrogen and oxygen atoms in total. The molecule has 0 saturated carbocycles. The number of nitrogen functional groups attached to an aromatic ring is 1. The van der Waals surface area contributed by atoms with Crippen molar-refractivity contribution in [2.45, 2.75) is 31.1 Å². The van der Waals surface area contributed by atoms with Crippen LogP contribution in [-0.4, -0.2) is 33.9 Å². The second kappa shape index (κ2) is 6.20. The Bertz CT molecular complexity index is 1030. The monoisotopic (exact) mass is 367 g/mol. The van der Waals surface area contributed by atoms with E-state index in [-0.39, 0.29) is 34.0 Å². The number of aromatic nitrogens is 2. The number of H-pyrrole nitrogens is 1. The summed E-state index contributed by atoms with van der Waals surface area (Å²) in [5.41, 5.74) is 7.04. The smallest absolute Gasteiger partial charge is 0.255 e. The lowest BCUT2D eigenvalue weighted by Crippen LogP contribution is -2.45. The Hall–Kier alpha value is -3.21. The molecule has 138 valence electrons. The molecule has 0 bridgehead atoms. The van der Waals surface area contributed by atoms with Crippen molar-refractivity contribution in [1.29, 1.82) is 5.26 Å². The van der Waals surface area contributed by atoms with Crippen LogP contribution in [0.25, 0.3) is 0 Å². The average molecular weight is 367 g/mol. The molecule has 0 radical (unpaired) electrons. The molecule has 3 N–H and O–H groups in total. The third kappa shape index (κ3) is 2.85. The van der Waals surface area contributed by atoms with Gasteiger partial charge in [0.05, 0.1) is 17.3 Å². The lowest BCUT2D eigenvalue weighted by molar-refractivity contribution is 0.0663. The third-order valence-electron chi connectivity index (χ3n) is 5.67. The molecule has 4 rings (SSSR count). The molecule has 2 aromatic rings. The fourth-order valence-electron chi connectivity index (χ4n) is 4.25. The fourth-order valence-corrected chi connectivity index (χ4v) is 4.25. The van der Waals surface area contributed by atoms with Gasteiger partial charge in [0.2, 0.25) is 5.95 Å². The number of nitrogens with one attached hydrogen (secondary N) is 1. The highest BCUT2D eigenvalue weighted by molar-refractivity contribution is 5.94. The van der Waals surface area contributed by atoms with Crippen LogP contribution in [0.2, 0.25) is 0 Å². The minimum atomic E-state index is -0.602. The number of rotatable bonds is 1. The number of fused-ring (bicyclic) bond motifs is 2. The molecule has 2 aliphatic rings. The summed E-state index contributed by atoms with van der Waals surface area (Å²) >= 11 is 0. The highest BCUT2D eigenvalue weighted by atomic mass is 19.1. The van der Waals surface area contributed by atoms with Gasteiger partial charge in [0.25, 0.3) is 11.5 Å². The van der Waals surface area contributed by atoms with Gasteiger partial charge in [-0.05, 0) is 43.9 Å². The van der Waals surface area contributed by atoms with Crippen molar-refractivity contribution in [3.63, 3.8) is 0 Å². The van der Waals surface area contributed by atoms with Gasteiger partial charge in [-0.15, -0.1) is 0 Å². The molecule has 0 atom stereocenters. The molecule has 8 heteroatoms. The lowest BCUT2D eigenvalue weighted by atomic mass is 9.76. The number of piperidine rings is 1. The number of halogens is 1. The van der Waals surface area contributed by atoms with Gasteiger partial charge in [0.1, 0.15) is 5.82 Å². The summed E-state index contributed by atoms with van der Waals surface area (Å²) in [5, 5.41) is 8.97. The molecule has 1 saturated heterocycles. The van der Waals surface area contributed by atoms with E-state index in [1.54, 1.807) is 4.90 Å². The number of benzene rings is 1. The first kappa shape index (κ1) is 17.2. The van der Waals surface area contributed by atoms with Gasteiger partial charge >= 0.3 is 0 Å². The summed E-state index contributed by atoms with van der Waals surface area (Å²) in [6.07, 6.45) is 2.80. The predicted octanol–water partition coefficient (Wildman–Crippen LogP) is 1.48. The quantitative estimate of drug-likeness (QED) is 0.792. The van der Waals surface area contributed by atoms with Crippen LogP contribution in [0.5, 0.6) is 0 Å². The van der Waals surface area contributed by atoms with Crippen molar-refractivity contribution in [3.8, 4) is 6.07 Å². The topological polar surface area (TPSA) is 116 Å². The van der Waals surface area contributed by atoms with E-state index in [1.807, 2.05) is 6.07 Å². The molecule has 1 spiro atoms. The van der Waals surface area contributed by atoms with Gasteiger partial charge in [0.15, 0.2) is 0 Å². The van der Waals surface area contributed by atoms with Crippen LogP contribution in [0.4, 0.5) is 10.3 Å². The van der Waals surface area contributed by atoms with Crippen LogP contribution in [-0.2, 0) is 11.8 Å². The summed E-state index contributed by atoms with van der Waals surface area (Å²) in [4.78, 5) is 33.4. The second-order valence-electron chi connectivity index (χ2n) is 7.19. The Morgan fingerprint density at radius 3 is 2.74 bits per heavy atom. The van der Waals surface area contributed by atoms with E-state index in [4.69, 9.17) is 11.0 Å². The number of aromatic amines is 1. The molecule has 1 aliphatic heterocycles. The van der Waals surface area contributed by atoms with E-state index in [0.717, 1.165) is 24.2 Å². The number of nitrogens with zero attached hydrogens (tertiary/aromatic N) is 3. The second-order valence-corrected chi connectivity index (χ2v) is 7.19. The van der Waals surface area contributed by atoms with Crippen LogP contribution in [0.1, 0.15) is 46.4 Å². The van der Waals surface area contributed by atoms with Gasteiger partial charge in [-0.2, -0.15) is 5.26 Å². The number of amides is 1. The van der Waals surface area contributed by atoms with Crippen molar-refractivity contribution in [2.24, 2.45) is 0 Å². The molecule has 27 heavy (non-hydrogen) atoms. The van der Waals surface area contributed by atoms with Gasteiger partial charge in [-0.3, -0.25) is 14.6 Å².